The molecule has 5 nitrogen and oxygen atoms in total. The van der Waals surface area contributed by atoms with Gasteiger partial charge in [0.15, 0.2) is 0 Å². The Morgan fingerprint density at radius 1 is 1.45 bits per heavy atom. The number of carbonyl (C=O) groups excluding carboxylic acids is 1. The second-order valence-corrected chi connectivity index (χ2v) is 6.23. The lowest BCUT2D eigenvalue weighted by Crippen LogP contribution is -2.36. The first kappa shape index (κ1) is 13.8. The summed E-state index contributed by atoms with van der Waals surface area (Å²) in [6.45, 7) is 7.46. The zero-order valence-electron chi connectivity index (χ0n) is 11.7. The molecular formula is C15H20O5. The fourth-order valence-corrected chi connectivity index (χ4v) is 3.24. The molecule has 1 aliphatic carbocycles. The number of hydrogen-bond donors (Lipinski definition) is 2. The molecule has 0 spiro atoms. The minimum Gasteiger partial charge on any atom is -0.454 e. The molecule has 0 saturated carbocycles. The number of esters is 1. The van der Waals surface area contributed by atoms with Crippen LogP contribution in [0.4, 0.5) is 0 Å². The van der Waals surface area contributed by atoms with Crippen molar-refractivity contribution in [2.45, 2.75) is 56.7 Å². The SMILES string of the molecule is C=C1C(=O)OC2C=C(C)C(O)CCC3(C)OC3C(O)C12. The highest BCUT2D eigenvalue weighted by atomic mass is 16.6. The van der Waals surface area contributed by atoms with Crippen LogP contribution in [0.3, 0.4) is 0 Å². The smallest absolute Gasteiger partial charge is 0.334 e. The van der Waals surface area contributed by atoms with Crippen LogP contribution < -0.4 is 0 Å². The van der Waals surface area contributed by atoms with Gasteiger partial charge in [0.1, 0.15) is 12.2 Å². The van der Waals surface area contributed by atoms with Crippen molar-refractivity contribution in [3.8, 4) is 0 Å². The summed E-state index contributed by atoms with van der Waals surface area (Å²) in [7, 11) is 0. The highest BCUT2D eigenvalue weighted by Gasteiger charge is 2.60. The van der Waals surface area contributed by atoms with Gasteiger partial charge < -0.3 is 19.7 Å². The quantitative estimate of drug-likeness (QED) is 0.295. The van der Waals surface area contributed by atoms with Gasteiger partial charge in [0.05, 0.1) is 23.7 Å². The molecule has 2 saturated heterocycles. The van der Waals surface area contributed by atoms with E-state index in [2.05, 4.69) is 6.58 Å². The van der Waals surface area contributed by atoms with Crippen LogP contribution in [0.2, 0.25) is 0 Å². The second kappa shape index (κ2) is 4.41. The van der Waals surface area contributed by atoms with Crippen molar-refractivity contribution in [1.29, 1.82) is 0 Å². The molecule has 3 aliphatic rings. The van der Waals surface area contributed by atoms with Crippen LogP contribution >= 0.6 is 0 Å². The van der Waals surface area contributed by atoms with E-state index in [1.165, 1.54) is 0 Å². The van der Waals surface area contributed by atoms with Gasteiger partial charge in [0.2, 0.25) is 0 Å². The minimum absolute atomic E-state index is 0.277. The normalized spacial score (nSPS) is 48.0. The van der Waals surface area contributed by atoms with Crippen molar-refractivity contribution in [3.05, 3.63) is 23.8 Å². The van der Waals surface area contributed by atoms with Crippen molar-refractivity contribution in [1.82, 2.24) is 0 Å². The van der Waals surface area contributed by atoms with Crippen LogP contribution in [0.15, 0.2) is 23.8 Å². The zero-order chi connectivity index (χ0) is 14.7. The second-order valence-electron chi connectivity index (χ2n) is 6.23. The molecule has 0 aromatic rings. The van der Waals surface area contributed by atoms with E-state index in [1.807, 2.05) is 6.92 Å². The largest absolute Gasteiger partial charge is 0.454 e. The van der Waals surface area contributed by atoms with E-state index < -0.39 is 35.8 Å². The molecule has 2 heterocycles. The Morgan fingerprint density at radius 2 is 2.15 bits per heavy atom. The number of carbonyl (C=O) groups is 1. The maximum absolute atomic E-state index is 11.7. The van der Waals surface area contributed by atoms with E-state index in [-0.39, 0.29) is 11.7 Å². The Morgan fingerprint density at radius 3 is 2.85 bits per heavy atom. The third-order valence-electron chi connectivity index (χ3n) is 4.75. The number of fused-ring (bicyclic) bond motifs is 2. The van der Waals surface area contributed by atoms with Crippen molar-refractivity contribution in [2.24, 2.45) is 5.92 Å². The maximum atomic E-state index is 11.7. The number of hydrogen-bond acceptors (Lipinski definition) is 5. The molecule has 2 N–H and O–H groups in total. The molecule has 0 amide bonds. The number of epoxide rings is 1. The summed E-state index contributed by atoms with van der Waals surface area (Å²) in [5.74, 6) is -0.992. The molecule has 2 fully saturated rings. The van der Waals surface area contributed by atoms with E-state index in [9.17, 15) is 15.0 Å². The van der Waals surface area contributed by atoms with Crippen LogP contribution in [0.5, 0.6) is 0 Å². The predicted molar refractivity (Wildman–Crippen MR) is 70.8 cm³/mol. The summed E-state index contributed by atoms with van der Waals surface area (Å²) in [5, 5.41) is 20.6. The highest BCUT2D eigenvalue weighted by molar-refractivity contribution is 5.91. The van der Waals surface area contributed by atoms with Gasteiger partial charge in [-0.25, -0.2) is 4.79 Å². The highest BCUT2D eigenvalue weighted by Crippen LogP contribution is 2.48. The fourth-order valence-electron chi connectivity index (χ4n) is 3.24. The molecule has 0 aromatic heterocycles. The van der Waals surface area contributed by atoms with E-state index in [1.54, 1.807) is 13.0 Å². The Kier molecular flexibility index (Phi) is 3.04. The number of ether oxygens (including phenoxy) is 2. The first-order valence-electron chi connectivity index (χ1n) is 6.95. The van der Waals surface area contributed by atoms with Crippen LogP contribution in [0, 0.1) is 5.92 Å². The van der Waals surface area contributed by atoms with Crippen LogP contribution in [0.1, 0.15) is 26.7 Å². The molecule has 5 heteroatoms. The molecule has 2 aliphatic heterocycles. The van der Waals surface area contributed by atoms with Gasteiger partial charge in [-0.2, -0.15) is 0 Å². The molecule has 0 radical (unpaired) electrons. The Balaban J connectivity index is 1.97. The van der Waals surface area contributed by atoms with Crippen LogP contribution in [-0.4, -0.2) is 46.2 Å². The van der Waals surface area contributed by atoms with Gasteiger partial charge in [-0.05, 0) is 38.3 Å². The van der Waals surface area contributed by atoms with Gasteiger partial charge in [-0.1, -0.05) is 6.58 Å². The first-order valence-corrected chi connectivity index (χ1v) is 6.95. The standard InChI is InChI=1S/C15H20O5/c1-7-6-10-11(8(2)14(18)19-10)12(17)13-15(3,20-13)5-4-9(7)16/h6,9-13,16-17H,2,4-5H2,1,3H3. The monoisotopic (exact) mass is 280 g/mol. The third-order valence-corrected chi connectivity index (χ3v) is 4.75. The van der Waals surface area contributed by atoms with Gasteiger partial charge in [-0.15, -0.1) is 0 Å². The summed E-state index contributed by atoms with van der Waals surface area (Å²) in [6, 6.07) is 0. The number of aliphatic hydroxyl groups excluding tert-OH is 2. The lowest BCUT2D eigenvalue weighted by atomic mass is 9.82. The topological polar surface area (TPSA) is 79.3 Å². The third kappa shape index (κ3) is 2.01. The molecule has 3 rings (SSSR count). The first-order chi connectivity index (χ1) is 9.33. The predicted octanol–water partition coefficient (Wildman–Crippen LogP) is 0.704. The summed E-state index contributed by atoms with van der Waals surface area (Å²) < 4.78 is 10.9. The summed E-state index contributed by atoms with van der Waals surface area (Å²) in [5.41, 5.74) is 0.589. The Hall–Kier alpha value is -1.17. The van der Waals surface area contributed by atoms with E-state index in [0.29, 0.717) is 12.8 Å². The Bertz CT molecular complexity index is 496. The van der Waals surface area contributed by atoms with Gasteiger partial charge in [0.25, 0.3) is 0 Å². The summed E-state index contributed by atoms with van der Waals surface area (Å²) in [4.78, 5) is 11.7. The number of aliphatic hydroxyl groups is 2. The van der Waals surface area contributed by atoms with Crippen molar-refractivity contribution in [2.75, 3.05) is 0 Å². The lowest BCUT2D eigenvalue weighted by molar-refractivity contribution is -0.137. The lowest BCUT2D eigenvalue weighted by Gasteiger charge is -2.24. The van der Waals surface area contributed by atoms with Crippen molar-refractivity contribution < 1.29 is 24.5 Å². The van der Waals surface area contributed by atoms with E-state index >= 15 is 0 Å². The molecule has 110 valence electrons. The molecule has 6 atom stereocenters. The summed E-state index contributed by atoms with van der Waals surface area (Å²) >= 11 is 0. The Labute approximate surface area is 117 Å². The molecular weight excluding hydrogens is 260 g/mol. The molecule has 20 heavy (non-hydrogen) atoms. The van der Waals surface area contributed by atoms with E-state index in [0.717, 1.165) is 5.57 Å². The maximum Gasteiger partial charge on any atom is 0.334 e. The minimum atomic E-state index is -0.816. The van der Waals surface area contributed by atoms with Gasteiger partial charge in [-0.3, -0.25) is 0 Å². The van der Waals surface area contributed by atoms with Gasteiger partial charge >= 0.3 is 5.97 Å². The molecule has 0 bridgehead atoms. The van der Waals surface area contributed by atoms with E-state index in [4.69, 9.17) is 9.47 Å². The van der Waals surface area contributed by atoms with Gasteiger partial charge in [0, 0.05) is 5.57 Å². The zero-order valence-corrected chi connectivity index (χ0v) is 11.7. The average molecular weight is 280 g/mol. The van der Waals surface area contributed by atoms with Crippen LogP contribution in [0.25, 0.3) is 0 Å². The number of rotatable bonds is 0. The van der Waals surface area contributed by atoms with Crippen molar-refractivity contribution in [3.63, 3.8) is 0 Å². The fraction of sp³-hybridized carbons (Fsp3) is 0.667. The van der Waals surface area contributed by atoms with Crippen LogP contribution in [-0.2, 0) is 14.3 Å². The summed E-state index contributed by atoms with van der Waals surface area (Å²) in [6.07, 6.45) is 0.642. The van der Waals surface area contributed by atoms with Crippen molar-refractivity contribution >= 4 is 5.97 Å². The molecule has 0 aromatic carbocycles. The molecule has 6 unspecified atom stereocenters. The average Bonchev–Trinajstić information content (AvgIpc) is 2.99.